The smallest absolute Gasteiger partial charge is 0.0593 e. The third kappa shape index (κ3) is 4.87. The average Bonchev–Trinajstić information content (AvgIpc) is 2.32. The van der Waals surface area contributed by atoms with Gasteiger partial charge in [0.05, 0.1) is 6.61 Å². The van der Waals surface area contributed by atoms with Gasteiger partial charge in [-0.05, 0) is 51.6 Å². The molecule has 1 saturated carbocycles. The van der Waals surface area contributed by atoms with Crippen LogP contribution in [0.3, 0.4) is 0 Å². The minimum absolute atomic E-state index is 0.679. The standard InChI is InChI=1S/C15H32N2O/c1-6-18-8-7-17(5)11-14-13(3)9-12(2)10-15(14)16-4/h12-16H,6-11H2,1-5H3. The Morgan fingerprint density at radius 3 is 2.61 bits per heavy atom. The largest absolute Gasteiger partial charge is 0.380 e. The Balaban J connectivity index is 2.41. The predicted molar refractivity (Wildman–Crippen MR) is 77.9 cm³/mol. The van der Waals surface area contributed by atoms with Gasteiger partial charge in [-0.2, -0.15) is 0 Å². The van der Waals surface area contributed by atoms with Crippen molar-refractivity contribution in [2.45, 2.75) is 39.7 Å². The molecule has 3 nitrogen and oxygen atoms in total. The number of nitrogens with zero attached hydrogens (tertiary/aromatic N) is 1. The summed E-state index contributed by atoms with van der Waals surface area (Å²) in [5, 5.41) is 3.53. The molecule has 3 heteroatoms. The van der Waals surface area contributed by atoms with Crippen LogP contribution in [0.5, 0.6) is 0 Å². The fraction of sp³-hybridized carbons (Fsp3) is 1.00. The Kier molecular flexibility index (Phi) is 7.20. The van der Waals surface area contributed by atoms with Crippen LogP contribution in [0.4, 0.5) is 0 Å². The molecular formula is C15H32N2O. The van der Waals surface area contributed by atoms with Crippen molar-refractivity contribution in [2.24, 2.45) is 17.8 Å². The molecule has 1 aliphatic carbocycles. The molecule has 1 rings (SSSR count). The maximum absolute atomic E-state index is 5.43. The molecular weight excluding hydrogens is 224 g/mol. The van der Waals surface area contributed by atoms with Gasteiger partial charge in [0, 0.05) is 25.7 Å². The Morgan fingerprint density at radius 1 is 1.28 bits per heavy atom. The lowest BCUT2D eigenvalue weighted by Gasteiger charge is -2.41. The first kappa shape index (κ1) is 15.9. The van der Waals surface area contributed by atoms with Crippen molar-refractivity contribution in [1.82, 2.24) is 10.2 Å². The Hall–Kier alpha value is -0.120. The van der Waals surface area contributed by atoms with E-state index in [9.17, 15) is 0 Å². The van der Waals surface area contributed by atoms with Crippen molar-refractivity contribution in [3.8, 4) is 0 Å². The lowest BCUT2D eigenvalue weighted by Crippen LogP contribution is -2.47. The summed E-state index contributed by atoms with van der Waals surface area (Å²) in [4.78, 5) is 2.43. The quantitative estimate of drug-likeness (QED) is 0.707. The number of ether oxygens (including phenoxy) is 1. The van der Waals surface area contributed by atoms with Gasteiger partial charge in [-0.1, -0.05) is 13.8 Å². The second-order valence-corrected chi connectivity index (χ2v) is 6.07. The van der Waals surface area contributed by atoms with Crippen LogP contribution in [0.1, 0.15) is 33.6 Å². The van der Waals surface area contributed by atoms with Crippen molar-refractivity contribution in [2.75, 3.05) is 40.4 Å². The highest BCUT2D eigenvalue weighted by molar-refractivity contribution is 4.88. The molecule has 1 fully saturated rings. The topological polar surface area (TPSA) is 24.5 Å². The normalized spacial score (nSPS) is 33.0. The molecule has 0 aromatic rings. The third-order valence-electron chi connectivity index (χ3n) is 4.39. The van der Waals surface area contributed by atoms with Crippen molar-refractivity contribution in [3.05, 3.63) is 0 Å². The van der Waals surface area contributed by atoms with Gasteiger partial charge in [-0.3, -0.25) is 0 Å². The van der Waals surface area contributed by atoms with Crippen LogP contribution in [0.25, 0.3) is 0 Å². The van der Waals surface area contributed by atoms with Crippen LogP contribution in [0.2, 0.25) is 0 Å². The van der Waals surface area contributed by atoms with E-state index in [0.29, 0.717) is 6.04 Å². The molecule has 1 N–H and O–H groups in total. The van der Waals surface area contributed by atoms with Gasteiger partial charge in [-0.25, -0.2) is 0 Å². The van der Waals surface area contributed by atoms with Gasteiger partial charge < -0.3 is 15.0 Å². The maximum Gasteiger partial charge on any atom is 0.0593 e. The van der Waals surface area contributed by atoms with Crippen LogP contribution >= 0.6 is 0 Å². The molecule has 0 aromatic heterocycles. The van der Waals surface area contributed by atoms with E-state index in [4.69, 9.17) is 4.74 Å². The fourth-order valence-corrected chi connectivity index (χ4v) is 3.37. The highest BCUT2D eigenvalue weighted by atomic mass is 16.5. The first-order valence-electron chi connectivity index (χ1n) is 7.52. The molecule has 0 heterocycles. The average molecular weight is 256 g/mol. The maximum atomic E-state index is 5.43. The minimum Gasteiger partial charge on any atom is -0.380 e. The summed E-state index contributed by atoms with van der Waals surface area (Å²) in [5.41, 5.74) is 0. The molecule has 1 aliphatic rings. The summed E-state index contributed by atoms with van der Waals surface area (Å²) in [5.74, 6) is 2.46. The highest BCUT2D eigenvalue weighted by Crippen LogP contribution is 2.33. The molecule has 0 aromatic carbocycles. The van der Waals surface area contributed by atoms with Crippen LogP contribution in [-0.4, -0.2) is 51.3 Å². The molecule has 0 bridgehead atoms. The zero-order valence-electron chi connectivity index (χ0n) is 12.9. The SMILES string of the molecule is CCOCCN(C)CC1C(C)CC(C)CC1NC. The van der Waals surface area contributed by atoms with Gasteiger partial charge in [0.25, 0.3) is 0 Å². The number of hydrogen-bond donors (Lipinski definition) is 1. The lowest BCUT2D eigenvalue weighted by atomic mass is 9.72. The van der Waals surface area contributed by atoms with Crippen molar-refractivity contribution < 1.29 is 4.74 Å². The molecule has 108 valence electrons. The second kappa shape index (κ2) is 8.13. The van der Waals surface area contributed by atoms with E-state index >= 15 is 0 Å². The van der Waals surface area contributed by atoms with E-state index < -0.39 is 0 Å². The molecule has 0 spiro atoms. The molecule has 18 heavy (non-hydrogen) atoms. The van der Waals surface area contributed by atoms with E-state index in [1.807, 2.05) is 0 Å². The third-order valence-corrected chi connectivity index (χ3v) is 4.39. The van der Waals surface area contributed by atoms with Gasteiger partial charge in [0.1, 0.15) is 0 Å². The Morgan fingerprint density at radius 2 is 2.00 bits per heavy atom. The summed E-state index contributed by atoms with van der Waals surface area (Å²) in [6, 6.07) is 0.679. The van der Waals surface area contributed by atoms with E-state index in [0.717, 1.165) is 37.5 Å². The number of likely N-dealkylation sites (N-methyl/N-ethyl adjacent to an activating group) is 1. The summed E-state index contributed by atoms with van der Waals surface area (Å²) >= 11 is 0. The summed E-state index contributed by atoms with van der Waals surface area (Å²) < 4.78 is 5.43. The van der Waals surface area contributed by atoms with Crippen molar-refractivity contribution in [1.29, 1.82) is 0 Å². The molecule has 0 amide bonds. The molecule has 4 unspecified atom stereocenters. The fourth-order valence-electron chi connectivity index (χ4n) is 3.37. The number of nitrogens with one attached hydrogen (secondary N) is 1. The van der Waals surface area contributed by atoms with E-state index in [1.165, 1.54) is 19.4 Å². The molecule has 4 atom stereocenters. The lowest BCUT2D eigenvalue weighted by molar-refractivity contribution is 0.0857. The predicted octanol–water partition coefficient (Wildman–Crippen LogP) is 2.22. The van der Waals surface area contributed by atoms with Crippen LogP contribution in [0, 0.1) is 17.8 Å². The summed E-state index contributed by atoms with van der Waals surface area (Å²) in [6.45, 7) is 10.8. The number of rotatable bonds is 7. The van der Waals surface area contributed by atoms with Crippen LogP contribution < -0.4 is 5.32 Å². The van der Waals surface area contributed by atoms with Gasteiger partial charge >= 0.3 is 0 Å². The summed E-state index contributed by atoms with van der Waals surface area (Å²) in [7, 11) is 4.33. The van der Waals surface area contributed by atoms with E-state index in [1.54, 1.807) is 0 Å². The number of hydrogen-bond acceptors (Lipinski definition) is 3. The first-order chi connectivity index (χ1) is 8.58. The zero-order chi connectivity index (χ0) is 13.5. The Labute approximate surface area is 113 Å². The zero-order valence-corrected chi connectivity index (χ0v) is 12.9. The monoisotopic (exact) mass is 256 g/mol. The van der Waals surface area contributed by atoms with Crippen LogP contribution in [0.15, 0.2) is 0 Å². The first-order valence-corrected chi connectivity index (χ1v) is 7.52. The highest BCUT2D eigenvalue weighted by Gasteiger charge is 2.33. The Bertz CT molecular complexity index is 223. The van der Waals surface area contributed by atoms with Gasteiger partial charge in [0.15, 0.2) is 0 Å². The van der Waals surface area contributed by atoms with Gasteiger partial charge in [0.2, 0.25) is 0 Å². The summed E-state index contributed by atoms with van der Waals surface area (Å²) in [6.07, 6.45) is 2.70. The molecule has 0 radical (unpaired) electrons. The molecule has 0 saturated heterocycles. The minimum atomic E-state index is 0.679. The van der Waals surface area contributed by atoms with E-state index in [2.05, 4.69) is 45.1 Å². The van der Waals surface area contributed by atoms with Crippen molar-refractivity contribution in [3.63, 3.8) is 0 Å². The van der Waals surface area contributed by atoms with Gasteiger partial charge in [-0.15, -0.1) is 0 Å². The second-order valence-electron chi connectivity index (χ2n) is 6.07. The van der Waals surface area contributed by atoms with Crippen molar-refractivity contribution >= 4 is 0 Å². The van der Waals surface area contributed by atoms with E-state index in [-0.39, 0.29) is 0 Å². The molecule has 0 aliphatic heterocycles. The van der Waals surface area contributed by atoms with Crippen LogP contribution in [-0.2, 0) is 4.74 Å².